The Balaban J connectivity index is 1.37. The molecule has 3 aliphatic rings. The van der Waals surface area contributed by atoms with Crippen molar-refractivity contribution in [1.82, 2.24) is 30.1 Å². The number of hydrazine groups is 1. The molecule has 0 atom stereocenters. The van der Waals surface area contributed by atoms with Crippen LogP contribution in [0.1, 0.15) is 32.0 Å². The molecule has 0 unspecified atom stereocenters. The lowest BCUT2D eigenvalue weighted by atomic mass is 9.97. The fourth-order valence-corrected chi connectivity index (χ4v) is 5.11. The van der Waals surface area contributed by atoms with Crippen LogP contribution in [0.3, 0.4) is 0 Å². The minimum atomic E-state index is -0.505. The number of fused-ring (bicyclic) bond motifs is 1. The van der Waals surface area contributed by atoms with Gasteiger partial charge in [0.15, 0.2) is 5.13 Å². The number of hydrogen-bond donors (Lipinski definition) is 1. The third-order valence-electron chi connectivity index (χ3n) is 5.92. The summed E-state index contributed by atoms with van der Waals surface area (Å²) in [5.74, 6) is 0. The maximum atomic E-state index is 12.4. The topological polar surface area (TPSA) is 103 Å². The molecule has 1 N–H and O–H groups in total. The molecule has 1 saturated heterocycles. The van der Waals surface area contributed by atoms with Gasteiger partial charge in [0.05, 0.1) is 35.8 Å². The summed E-state index contributed by atoms with van der Waals surface area (Å²) in [5.41, 5.74) is 8.00. The number of amides is 1. The fraction of sp³-hybridized carbons (Fsp3) is 0.417. The van der Waals surface area contributed by atoms with Gasteiger partial charge in [0, 0.05) is 67.7 Å². The van der Waals surface area contributed by atoms with Crippen LogP contribution >= 0.6 is 11.3 Å². The molecule has 2 aromatic heterocycles. The Hall–Kier alpha value is -3.62. The number of anilines is 1. The maximum absolute atomic E-state index is 12.4. The first kappa shape index (κ1) is 23.1. The van der Waals surface area contributed by atoms with Crippen molar-refractivity contribution < 1.29 is 9.53 Å². The standard InChI is InChI=1S/C24H28N8O2S/c1-24(2,3)34-23(33)31-7-5-30(6-8-31)22-28-20(15-35-22)19-9-16(18-12-26-29(4)13-18)14-32-21(19)17(10-25)11-27-32/h9,12-15,27H,5-8,11H2,1-4H3. The van der Waals surface area contributed by atoms with E-state index >= 15 is 0 Å². The molecule has 0 bridgehead atoms. The number of rotatable bonds is 3. The first-order valence-corrected chi connectivity index (χ1v) is 12.4. The number of carbonyl (C=O) groups is 1. The number of nitriles is 1. The van der Waals surface area contributed by atoms with Crippen LogP contribution in [-0.2, 0) is 11.8 Å². The number of allylic oxidation sites excluding steroid dienone is 3. The highest BCUT2D eigenvalue weighted by Gasteiger charge is 2.31. The lowest BCUT2D eigenvalue weighted by Crippen LogP contribution is -2.50. The molecule has 1 fully saturated rings. The largest absolute Gasteiger partial charge is 0.444 e. The van der Waals surface area contributed by atoms with Crippen LogP contribution in [0, 0.1) is 11.3 Å². The van der Waals surface area contributed by atoms with E-state index in [4.69, 9.17) is 9.72 Å². The van der Waals surface area contributed by atoms with E-state index in [2.05, 4.69) is 27.6 Å². The van der Waals surface area contributed by atoms with Crippen molar-refractivity contribution in [3.63, 3.8) is 0 Å². The van der Waals surface area contributed by atoms with E-state index in [1.807, 2.05) is 56.8 Å². The van der Waals surface area contributed by atoms with Crippen LogP contribution < -0.4 is 10.3 Å². The van der Waals surface area contributed by atoms with Crippen molar-refractivity contribution in [3.8, 4) is 6.07 Å². The SMILES string of the molecule is Cn1cc(C2=CN3NCC(C#N)=C3C(c3csc(N4CCN(C(=O)OC(C)(C)C)CC4)n3)=C2)cn1. The van der Waals surface area contributed by atoms with Gasteiger partial charge in [-0.3, -0.25) is 9.69 Å². The Morgan fingerprint density at radius 2 is 2.03 bits per heavy atom. The molecule has 1 amide bonds. The molecule has 0 spiro atoms. The maximum Gasteiger partial charge on any atom is 0.410 e. The number of hydrogen-bond acceptors (Lipinski definition) is 9. The number of aryl methyl sites for hydroxylation is 1. The van der Waals surface area contributed by atoms with Gasteiger partial charge < -0.3 is 14.5 Å². The van der Waals surface area contributed by atoms with Crippen LogP contribution in [0.2, 0.25) is 0 Å². The first-order chi connectivity index (χ1) is 16.7. The van der Waals surface area contributed by atoms with Gasteiger partial charge in [0.1, 0.15) is 5.60 Å². The molecule has 2 aromatic rings. The number of nitrogens with one attached hydrogen (secondary N) is 1. The molecule has 0 aromatic carbocycles. The molecule has 0 saturated carbocycles. The monoisotopic (exact) mass is 492 g/mol. The summed E-state index contributed by atoms with van der Waals surface area (Å²) in [7, 11) is 1.89. The average molecular weight is 493 g/mol. The highest BCUT2D eigenvalue weighted by Crippen LogP contribution is 2.39. The second-order valence-electron chi connectivity index (χ2n) is 9.66. The number of carbonyl (C=O) groups excluding carboxylic acids is 1. The van der Waals surface area contributed by atoms with Crippen molar-refractivity contribution in [2.75, 3.05) is 37.6 Å². The molecule has 35 heavy (non-hydrogen) atoms. The van der Waals surface area contributed by atoms with E-state index in [0.29, 0.717) is 38.3 Å². The van der Waals surface area contributed by atoms with Gasteiger partial charge in [0.2, 0.25) is 0 Å². The second kappa shape index (κ2) is 8.87. The third-order valence-corrected chi connectivity index (χ3v) is 6.82. The predicted octanol–water partition coefficient (Wildman–Crippen LogP) is 2.97. The number of thiazole rings is 1. The number of nitrogens with zero attached hydrogens (tertiary/aromatic N) is 7. The molecule has 5 rings (SSSR count). The highest BCUT2D eigenvalue weighted by molar-refractivity contribution is 7.13. The third kappa shape index (κ3) is 4.67. The van der Waals surface area contributed by atoms with Crippen molar-refractivity contribution in [1.29, 1.82) is 5.26 Å². The summed E-state index contributed by atoms with van der Waals surface area (Å²) in [4.78, 5) is 21.3. The van der Waals surface area contributed by atoms with E-state index in [0.717, 1.165) is 33.2 Å². The molecule has 10 nitrogen and oxygen atoms in total. The zero-order valence-corrected chi connectivity index (χ0v) is 21.1. The first-order valence-electron chi connectivity index (χ1n) is 11.5. The van der Waals surface area contributed by atoms with Crippen molar-refractivity contribution in [2.45, 2.75) is 26.4 Å². The smallest absolute Gasteiger partial charge is 0.410 e. The Morgan fingerprint density at radius 3 is 2.69 bits per heavy atom. The van der Waals surface area contributed by atoms with Crippen molar-refractivity contribution >= 4 is 33.7 Å². The van der Waals surface area contributed by atoms with E-state index in [9.17, 15) is 10.1 Å². The van der Waals surface area contributed by atoms with Crippen LogP contribution in [0.25, 0.3) is 11.1 Å². The summed E-state index contributed by atoms with van der Waals surface area (Å²) in [5, 5.41) is 18.8. The van der Waals surface area contributed by atoms with E-state index in [-0.39, 0.29) is 6.09 Å². The molecule has 0 radical (unpaired) electrons. The van der Waals surface area contributed by atoms with Crippen LogP contribution in [-0.4, -0.2) is 69.1 Å². The van der Waals surface area contributed by atoms with Crippen molar-refractivity contribution in [3.05, 3.63) is 52.6 Å². The molecule has 11 heteroatoms. The Bertz CT molecular complexity index is 1280. The van der Waals surface area contributed by atoms with Gasteiger partial charge >= 0.3 is 6.09 Å². The second-order valence-corrected chi connectivity index (χ2v) is 10.5. The van der Waals surface area contributed by atoms with Gasteiger partial charge in [-0.05, 0) is 26.8 Å². The van der Waals surface area contributed by atoms with Gasteiger partial charge in [-0.2, -0.15) is 10.4 Å². The summed E-state index contributed by atoms with van der Waals surface area (Å²) in [6, 6.07) is 2.33. The lowest BCUT2D eigenvalue weighted by molar-refractivity contribution is 0.0240. The van der Waals surface area contributed by atoms with Crippen LogP contribution in [0.15, 0.2) is 41.3 Å². The number of ether oxygens (including phenoxy) is 1. The summed E-state index contributed by atoms with van der Waals surface area (Å²) < 4.78 is 7.27. The van der Waals surface area contributed by atoms with Gasteiger partial charge in [-0.25, -0.2) is 15.2 Å². The predicted molar refractivity (Wildman–Crippen MR) is 134 cm³/mol. The molecular weight excluding hydrogens is 464 g/mol. The van der Waals surface area contributed by atoms with E-state index in [1.54, 1.807) is 20.9 Å². The summed E-state index contributed by atoms with van der Waals surface area (Å²) >= 11 is 1.57. The molecular formula is C24H28N8O2S. The van der Waals surface area contributed by atoms with E-state index in [1.165, 1.54) is 0 Å². The number of aromatic nitrogens is 3. The minimum absolute atomic E-state index is 0.274. The van der Waals surface area contributed by atoms with Crippen LogP contribution in [0.4, 0.5) is 9.93 Å². The minimum Gasteiger partial charge on any atom is -0.444 e. The van der Waals surface area contributed by atoms with Crippen LogP contribution in [0.5, 0.6) is 0 Å². The summed E-state index contributed by atoms with van der Waals surface area (Å²) in [6.45, 7) is 8.65. The molecule has 182 valence electrons. The lowest BCUT2D eigenvalue weighted by Gasteiger charge is -2.35. The number of piperazine rings is 1. The Kier molecular flexibility index (Phi) is 5.86. The summed E-state index contributed by atoms with van der Waals surface area (Å²) in [6.07, 6.45) is 7.58. The Labute approximate surface area is 208 Å². The van der Waals surface area contributed by atoms with Crippen molar-refractivity contribution in [2.24, 2.45) is 7.05 Å². The van der Waals surface area contributed by atoms with Gasteiger partial charge in [0.25, 0.3) is 0 Å². The average Bonchev–Trinajstić information content (AvgIpc) is 3.57. The van der Waals surface area contributed by atoms with Gasteiger partial charge in [-0.15, -0.1) is 11.3 Å². The molecule has 3 aliphatic heterocycles. The molecule has 0 aliphatic carbocycles. The zero-order valence-electron chi connectivity index (χ0n) is 20.3. The van der Waals surface area contributed by atoms with E-state index < -0.39 is 5.60 Å². The zero-order chi connectivity index (χ0) is 24.7. The molecule has 5 heterocycles. The fourth-order valence-electron chi connectivity index (χ4n) is 4.23. The Morgan fingerprint density at radius 1 is 1.26 bits per heavy atom. The highest BCUT2D eigenvalue weighted by atomic mass is 32.1. The normalized spacial score (nSPS) is 18.3. The quantitative estimate of drug-likeness (QED) is 0.698. The van der Waals surface area contributed by atoms with Gasteiger partial charge in [-0.1, -0.05) is 0 Å².